The monoisotopic (exact) mass is 246 g/mol. The summed E-state index contributed by atoms with van der Waals surface area (Å²) in [5, 5.41) is 9.66. The number of aromatic hydroxyl groups is 1. The molecule has 1 fully saturated rings. The maximum Gasteiger partial charge on any atom is 0.127 e. The smallest absolute Gasteiger partial charge is 0.127 e. The second kappa shape index (κ2) is 3.91. The minimum absolute atomic E-state index is 0.0159. The Balaban J connectivity index is 2.09. The first kappa shape index (κ1) is 11.9. The molecule has 3 unspecified atom stereocenters. The van der Waals surface area contributed by atoms with Crippen LogP contribution >= 0.6 is 0 Å². The fourth-order valence-corrected chi connectivity index (χ4v) is 3.64. The van der Waals surface area contributed by atoms with Crippen molar-refractivity contribution in [2.45, 2.75) is 51.6 Å². The average molecular weight is 246 g/mol. The van der Waals surface area contributed by atoms with Crippen LogP contribution in [-0.2, 0) is 0 Å². The molecule has 98 valence electrons. The third kappa shape index (κ3) is 1.62. The van der Waals surface area contributed by atoms with Crippen molar-refractivity contribution < 1.29 is 9.84 Å². The molecule has 0 saturated heterocycles. The molecule has 1 N–H and O–H groups in total. The summed E-state index contributed by atoms with van der Waals surface area (Å²) >= 11 is 0. The number of hydrogen-bond donors (Lipinski definition) is 1. The normalized spacial score (nSPS) is 34.0. The summed E-state index contributed by atoms with van der Waals surface area (Å²) < 4.78 is 6.32. The second-order valence-corrected chi connectivity index (χ2v) is 6.37. The molecule has 0 spiro atoms. The van der Waals surface area contributed by atoms with E-state index in [1.807, 2.05) is 6.07 Å². The van der Waals surface area contributed by atoms with E-state index in [1.165, 1.54) is 12.0 Å². The molecule has 2 heteroatoms. The van der Waals surface area contributed by atoms with Gasteiger partial charge in [-0.2, -0.15) is 0 Å². The summed E-state index contributed by atoms with van der Waals surface area (Å²) in [6.45, 7) is 6.85. The molecule has 1 aliphatic heterocycles. The van der Waals surface area contributed by atoms with E-state index in [-0.39, 0.29) is 5.60 Å². The number of phenols is 1. The first-order valence-electron chi connectivity index (χ1n) is 7.04. The second-order valence-electron chi connectivity index (χ2n) is 6.37. The lowest BCUT2D eigenvalue weighted by atomic mass is 9.64. The lowest BCUT2D eigenvalue weighted by Crippen LogP contribution is -2.49. The van der Waals surface area contributed by atoms with Crippen LogP contribution in [0.25, 0.3) is 0 Å². The van der Waals surface area contributed by atoms with Gasteiger partial charge in [-0.1, -0.05) is 26.8 Å². The number of phenolic OH excluding ortho intramolecular Hbond substituents is 1. The Morgan fingerprint density at radius 2 is 2.17 bits per heavy atom. The molecule has 2 nitrogen and oxygen atoms in total. The van der Waals surface area contributed by atoms with Gasteiger partial charge in [0, 0.05) is 6.07 Å². The van der Waals surface area contributed by atoms with Crippen molar-refractivity contribution in [3.8, 4) is 11.5 Å². The predicted molar refractivity (Wildman–Crippen MR) is 72.1 cm³/mol. The van der Waals surface area contributed by atoms with E-state index in [4.69, 9.17) is 4.74 Å². The molecule has 3 atom stereocenters. The van der Waals surface area contributed by atoms with Gasteiger partial charge in [-0.25, -0.2) is 0 Å². The molecule has 2 bridgehead atoms. The summed E-state index contributed by atoms with van der Waals surface area (Å²) in [6.07, 6.45) is 3.50. The largest absolute Gasteiger partial charge is 0.508 e. The number of rotatable bonds is 1. The zero-order valence-electron chi connectivity index (χ0n) is 11.4. The number of hydrogen-bond acceptors (Lipinski definition) is 2. The molecule has 3 rings (SSSR count). The van der Waals surface area contributed by atoms with Crippen LogP contribution in [0.4, 0.5) is 0 Å². The fourth-order valence-electron chi connectivity index (χ4n) is 3.64. The van der Waals surface area contributed by atoms with E-state index in [2.05, 4.69) is 20.8 Å². The molecule has 1 aliphatic carbocycles. The maximum atomic E-state index is 9.66. The molecule has 1 heterocycles. The molecule has 0 radical (unpaired) electrons. The number of ether oxygens (including phenoxy) is 1. The minimum atomic E-state index is -0.0159. The molecule has 1 aromatic rings. The van der Waals surface area contributed by atoms with E-state index >= 15 is 0 Å². The zero-order valence-corrected chi connectivity index (χ0v) is 11.4. The van der Waals surface area contributed by atoms with Crippen molar-refractivity contribution in [1.82, 2.24) is 0 Å². The van der Waals surface area contributed by atoms with Gasteiger partial charge < -0.3 is 9.84 Å². The van der Waals surface area contributed by atoms with Crippen molar-refractivity contribution in [2.75, 3.05) is 0 Å². The Morgan fingerprint density at radius 3 is 2.89 bits per heavy atom. The highest BCUT2D eigenvalue weighted by Gasteiger charge is 2.48. The van der Waals surface area contributed by atoms with Crippen molar-refractivity contribution in [3.05, 3.63) is 23.8 Å². The molecule has 0 aromatic heterocycles. The van der Waals surface area contributed by atoms with E-state index in [0.29, 0.717) is 23.5 Å². The third-order valence-electron chi connectivity index (χ3n) is 5.04. The lowest BCUT2D eigenvalue weighted by molar-refractivity contribution is -0.0473. The number of fused-ring (bicyclic) bond motifs is 4. The van der Waals surface area contributed by atoms with Crippen LogP contribution in [0.2, 0.25) is 0 Å². The van der Waals surface area contributed by atoms with Crippen molar-refractivity contribution in [1.29, 1.82) is 0 Å². The van der Waals surface area contributed by atoms with Gasteiger partial charge in [0.15, 0.2) is 0 Å². The predicted octanol–water partition coefficient (Wildman–Crippen LogP) is 4.08. The summed E-state index contributed by atoms with van der Waals surface area (Å²) in [4.78, 5) is 0. The highest BCUT2D eigenvalue weighted by molar-refractivity contribution is 5.45. The molecule has 0 amide bonds. The third-order valence-corrected chi connectivity index (χ3v) is 5.04. The topological polar surface area (TPSA) is 29.5 Å². The van der Waals surface area contributed by atoms with Crippen molar-refractivity contribution in [3.63, 3.8) is 0 Å². The molecule has 1 aromatic carbocycles. The highest BCUT2D eigenvalue weighted by atomic mass is 16.5. The van der Waals surface area contributed by atoms with Crippen LogP contribution in [-0.4, -0.2) is 10.7 Å². The van der Waals surface area contributed by atoms with Gasteiger partial charge in [0.2, 0.25) is 0 Å². The van der Waals surface area contributed by atoms with Gasteiger partial charge in [-0.3, -0.25) is 0 Å². The Hall–Kier alpha value is -1.18. The Morgan fingerprint density at radius 1 is 1.39 bits per heavy atom. The molecule has 18 heavy (non-hydrogen) atoms. The Bertz CT molecular complexity index is 466. The molecular weight excluding hydrogens is 224 g/mol. The van der Waals surface area contributed by atoms with E-state index < -0.39 is 0 Å². The lowest BCUT2D eigenvalue weighted by Gasteiger charge is -2.50. The van der Waals surface area contributed by atoms with Gasteiger partial charge in [0.05, 0.1) is 0 Å². The first-order valence-corrected chi connectivity index (χ1v) is 7.04. The molecule has 2 aliphatic rings. The molecular formula is C16H22O2. The van der Waals surface area contributed by atoms with Crippen molar-refractivity contribution in [2.24, 2.45) is 11.8 Å². The quantitative estimate of drug-likeness (QED) is 0.809. The van der Waals surface area contributed by atoms with Crippen LogP contribution in [0, 0.1) is 11.8 Å². The van der Waals surface area contributed by atoms with Crippen LogP contribution < -0.4 is 4.74 Å². The van der Waals surface area contributed by atoms with E-state index in [9.17, 15) is 5.11 Å². The SMILES string of the molecule is CC1CCC2(C(C)C)CC1c1ccc(O)cc1O2. The Labute approximate surface area is 109 Å². The van der Waals surface area contributed by atoms with Crippen LogP contribution in [0.1, 0.15) is 51.5 Å². The van der Waals surface area contributed by atoms with Gasteiger partial charge >= 0.3 is 0 Å². The van der Waals surface area contributed by atoms with Crippen LogP contribution in [0.15, 0.2) is 18.2 Å². The van der Waals surface area contributed by atoms with E-state index in [1.54, 1.807) is 12.1 Å². The first-order chi connectivity index (χ1) is 8.52. The summed E-state index contributed by atoms with van der Waals surface area (Å²) in [7, 11) is 0. The fraction of sp³-hybridized carbons (Fsp3) is 0.625. The highest BCUT2D eigenvalue weighted by Crippen LogP contribution is 2.54. The minimum Gasteiger partial charge on any atom is -0.508 e. The zero-order chi connectivity index (χ0) is 12.9. The van der Waals surface area contributed by atoms with E-state index in [0.717, 1.165) is 18.6 Å². The van der Waals surface area contributed by atoms with Gasteiger partial charge in [0.1, 0.15) is 17.1 Å². The number of benzene rings is 1. The maximum absolute atomic E-state index is 9.66. The molecule has 1 saturated carbocycles. The summed E-state index contributed by atoms with van der Waals surface area (Å²) in [5.41, 5.74) is 1.27. The van der Waals surface area contributed by atoms with Gasteiger partial charge in [-0.05, 0) is 48.6 Å². The van der Waals surface area contributed by atoms with Crippen LogP contribution in [0.5, 0.6) is 11.5 Å². The summed E-state index contributed by atoms with van der Waals surface area (Å²) in [6, 6.07) is 5.62. The Kier molecular flexibility index (Phi) is 2.58. The van der Waals surface area contributed by atoms with Gasteiger partial charge in [-0.15, -0.1) is 0 Å². The van der Waals surface area contributed by atoms with Gasteiger partial charge in [0.25, 0.3) is 0 Å². The standard InChI is InChI=1S/C16H22O2/c1-10(2)16-7-6-11(3)14(9-16)13-5-4-12(17)8-15(13)18-16/h4-5,8,10-11,14,17H,6-7,9H2,1-3H3. The summed E-state index contributed by atoms with van der Waals surface area (Å²) in [5.74, 6) is 3.03. The average Bonchev–Trinajstić information content (AvgIpc) is 2.33. The van der Waals surface area contributed by atoms with Crippen molar-refractivity contribution >= 4 is 0 Å². The van der Waals surface area contributed by atoms with Crippen LogP contribution in [0.3, 0.4) is 0 Å².